The number of hydrogen-bond acceptors (Lipinski definition) is 5. The van der Waals surface area contributed by atoms with E-state index in [4.69, 9.17) is 4.74 Å². The molecule has 2 N–H and O–H groups in total. The summed E-state index contributed by atoms with van der Waals surface area (Å²) >= 11 is 0. The largest absolute Gasteiger partial charge is 0.456 e. The van der Waals surface area contributed by atoms with E-state index in [1.807, 2.05) is 72.8 Å². The zero-order valence-corrected chi connectivity index (χ0v) is 19.3. The predicted molar refractivity (Wildman–Crippen MR) is 128 cm³/mol. The zero-order chi connectivity index (χ0) is 24.2. The number of amides is 2. The van der Waals surface area contributed by atoms with Gasteiger partial charge in [0.05, 0.1) is 19.1 Å². The maximum Gasteiger partial charge on any atom is 0.306 e. The van der Waals surface area contributed by atoms with E-state index in [1.165, 1.54) is 0 Å². The molecule has 0 saturated carbocycles. The second-order valence-corrected chi connectivity index (χ2v) is 8.31. The standard InChI is InChI=1S/C27H32N2O5/c30-17-16-29(20-21-10-4-1-5-11-21)25(31)18-23-14-8-3-9-15-26(32)34-24(19-28-27(23)33)22-12-6-2-7-13-22/h1-8,10-13,23-24,30H,9,14-20H2,(H,28,33)/t23-,24-/m1/s1. The summed E-state index contributed by atoms with van der Waals surface area (Å²) in [5, 5.41) is 12.3. The number of esters is 1. The highest BCUT2D eigenvalue weighted by Gasteiger charge is 2.26. The molecular weight excluding hydrogens is 432 g/mol. The number of carbonyl (C=O) groups excluding carboxylic acids is 3. The predicted octanol–water partition coefficient (Wildman–Crippen LogP) is 3.15. The number of ether oxygens (including phenoxy) is 1. The first-order chi connectivity index (χ1) is 16.6. The van der Waals surface area contributed by atoms with Crippen LogP contribution in [0.1, 0.15) is 42.9 Å². The van der Waals surface area contributed by atoms with Crippen molar-refractivity contribution in [3.8, 4) is 0 Å². The van der Waals surface area contributed by atoms with E-state index < -0.39 is 12.0 Å². The first kappa shape index (κ1) is 25.2. The number of allylic oxidation sites excluding steroid dienone is 2. The van der Waals surface area contributed by atoms with E-state index in [0.717, 1.165) is 11.1 Å². The molecule has 0 fully saturated rings. The van der Waals surface area contributed by atoms with Crippen molar-refractivity contribution in [2.45, 2.75) is 38.3 Å². The van der Waals surface area contributed by atoms with Crippen LogP contribution in [0.5, 0.6) is 0 Å². The number of rotatable bonds is 7. The third kappa shape index (κ3) is 7.85. The van der Waals surface area contributed by atoms with Gasteiger partial charge in [-0.3, -0.25) is 14.4 Å². The molecule has 1 aliphatic heterocycles. The van der Waals surface area contributed by atoms with Crippen LogP contribution in [0.15, 0.2) is 72.8 Å². The number of carbonyl (C=O) groups is 3. The average molecular weight is 465 g/mol. The second kappa shape index (κ2) is 13.3. The first-order valence-electron chi connectivity index (χ1n) is 11.7. The Balaban J connectivity index is 1.71. The lowest BCUT2D eigenvalue weighted by atomic mass is 9.98. The minimum absolute atomic E-state index is 0.0266. The fraction of sp³-hybridized carbons (Fsp3) is 0.370. The number of nitrogens with zero attached hydrogens (tertiary/aromatic N) is 1. The molecule has 0 radical (unpaired) electrons. The van der Waals surface area contributed by atoms with E-state index in [0.29, 0.717) is 19.4 Å². The van der Waals surface area contributed by atoms with E-state index >= 15 is 0 Å². The van der Waals surface area contributed by atoms with Gasteiger partial charge >= 0.3 is 5.97 Å². The zero-order valence-electron chi connectivity index (χ0n) is 19.3. The Morgan fingerprint density at radius 1 is 1.03 bits per heavy atom. The van der Waals surface area contributed by atoms with Crippen molar-refractivity contribution in [1.82, 2.24) is 10.2 Å². The highest BCUT2D eigenvalue weighted by atomic mass is 16.5. The lowest BCUT2D eigenvalue weighted by Crippen LogP contribution is -2.39. The Hall–Kier alpha value is -3.45. The molecule has 1 aliphatic rings. The molecule has 180 valence electrons. The van der Waals surface area contributed by atoms with Crippen molar-refractivity contribution in [2.24, 2.45) is 5.92 Å². The van der Waals surface area contributed by atoms with Crippen LogP contribution < -0.4 is 5.32 Å². The molecule has 0 bridgehead atoms. The van der Waals surface area contributed by atoms with Crippen LogP contribution in [0.4, 0.5) is 0 Å². The van der Waals surface area contributed by atoms with Gasteiger partial charge in [0.25, 0.3) is 0 Å². The fourth-order valence-corrected chi connectivity index (χ4v) is 3.87. The Morgan fingerprint density at radius 2 is 1.74 bits per heavy atom. The SMILES string of the molecule is O=C1CCC=CC[C@H](CC(=O)N(CCO)Cc2ccccc2)C(=O)NC[C@H](c2ccccc2)O1. The highest BCUT2D eigenvalue weighted by molar-refractivity contribution is 5.86. The number of aliphatic hydroxyl groups excluding tert-OH is 1. The molecular formula is C27H32N2O5. The highest BCUT2D eigenvalue weighted by Crippen LogP contribution is 2.20. The third-order valence-electron chi connectivity index (χ3n) is 5.74. The minimum Gasteiger partial charge on any atom is -0.456 e. The summed E-state index contributed by atoms with van der Waals surface area (Å²) < 4.78 is 5.62. The number of nitrogens with one attached hydrogen (secondary N) is 1. The van der Waals surface area contributed by atoms with Crippen LogP contribution in [0.25, 0.3) is 0 Å². The molecule has 0 saturated heterocycles. The van der Waals surface area contributed by atoms with Gasteiger partial charge in [-0.05, 0) is 24.0 Å². The molecule has 2 aromatic carbocycles. The third-order valence-corrected chi connectivity index (χ3v) is 5.74. The van der Waals surface area contributed by atoms with Crippen LogP contribution in [0.3, 0.4) is 0 Å². The van der Waals surface area contributed by atoms with Crippen LogP contribution in [-0.4, -0.2) is 47.5 Å². The van der Waals surface area contributed by atoms with Gasteiger partial charge in [-0.25, -0.2) is 0 Å². The molecule has 2 atom stereocenters. The molecule has 7 nitrogen and oxygen atoms in total. The van der Waals surface area contributed by atoms with Crippen molar-refractivity contribution in [1.29, 1.82) is 0 Å². The molecule has 0 unspecified atom stereocenters. The quantitative estimate of drug-likeness (QED) is 0.485. The van der Waals surface area contributed by atoms with Crippen molar-refractivity contribution >= 4 is 17.8 Å². The second-order valence-electron chi connectivity index (χ2n) is 8.31. The Kier molecular flexibility index (Phi) is 9.85. The summed E-state index contributed by atoms with van der Waals surface area (Å²) in [4.78, 5) is 40.0. The molecule has 7 heteroatoms. The first-order valence-corrected chi connectivity index (χ1v) is 11.7. The van der Waals surface area contributed by atoms with Crippen LogP contribution >= 0.6 is 0 Å². The average Bonchev–Trinajstić information content (AvgIpc) is 2.85. The minimum atomic E-state index is -0.596. The molecule has 34 heavy (non-hydrogen) atoms. The normalized spacial score (nSPS) is 19.3. The van der Waals surface area contributed by atoms with Crippen LogP contribution in [0, 0.1) is 5.92 Å². The molecule has 2 amide bonds. The van der Waals surface area contributed by atoms with Crippen molar-refractivity contribution in [2.75, 3.05) is 19.7 Å². The summed E-state index contributed by atoms with van der Waals surface area (Å²) in [5.74, 6) is -1.34. The Labute approximate surface area is 200 Å². The lowest BCUT2D eigenvalue weighted by Gasteiger charge is -2.25. The van der Waals surface area contributed by atoms with Crippen LogP contribution in [0.2, 0.25) is 0 Å². The van der Waals surface area contributed by atoms with E-state index in [9.17, 15) is 19.5 Å². The maximum absolute atomic E-state index is 13.1. The smallest absolute Gasteiger partial charge is 0.306 e. The number of hydrogen-bond donors (Lipinski definition) is 2. The monoisotopic (exact) mass is 464 g/mol. The van der Waals surface area contributed by atoms with Gasteiger partial charge in [0.2, 0.25) is 11.8 Å². The van der Waals surface area contributed by atoms with E-state index in [-0.39, 0.29) is 50.3 Å². The summed E-state index contributed by atoms with van der Waals surface area (Å²) in [5.41, 5.74) is 1.76. The summed E-state index contributed by atoms with van der Waals surface area (Å²) in [6.45, 7) is 0.549. The van der Waals surface area contributed by atoms with E-state index in [1.54, 1.807) is 4.90 Å². The Morgan fingerprint density at radius 3 is 2.44 bits per heavy atom. The topological polar surface area (TPSA) is 95.9 Å². The molecule has 1 heterocycles. The fourth-order valence-electron chi connectivity index (χ4n) is 3.87. The number of cyclic esters (lactones) is 1. The maximum atomic E-state index is 13.1. The van der Waals surface area contributed by atoms with Crippen molar-refractivity contribution < 1.29 is 24.2 Å². The lowest BCUT2D eigenvalue weighted by molar-refractivity contribution is -0.150. The van der Waals surface area contributed by atoms with Gasteiger partial charge in [-0.1, -0.05) is 72.8 Å². The van der Waals surface area contributed by atoms with Gasteiger partial charge in [0, 0.05) is 25.9 Å². The molecule has 0 aliphatic carbocycles. The molecule has 3 rings (SSSR count). The number of aliphatic hydroxyl groups is 1. The van der Waals surface area contributed by atoms with Crippen molar-refractivity contribution in [3.63, 3.8) is 0 Å². The van der Waals surface area contributed by atoms with Gasteiger partial charge in [0.1, 0.15) is 6.10 Å². The summed E-state index contributed by atoms with van der Waals surface area (Å²) in [6.07, 6.45) is 4.27. The van der Waals surface area contributed by atoms with Gasteiger partial charge < -0.3 is 20.1 Å². The molecule has 0 spiro atoms. The molecule has 2 aromatic rings. The summed E-state index contributed by atoms with van der Waals surface area (Å²) in [7, 11) is 0. The summed E-state index contributed by atoms with van der Waals surface area (Å²) in [6, 6.07) is 18.8. The Bertz CT molecular complexity index is 962. The van der Waals surface area contributed by atoms with Gasteiger partial charge in [-0.2, -0.15) is 0 Å². The van der Waals surface area contributed by atoms with E-state index in [2.05, 4.69) is 5.32 Å². The van der Waals surface area contributed by atoms with Gasteiger partial charge in [0.15, 0.2) is 0 Å². The number of benzene rings is 2. The van der Waals surface area contributed by atoms with Crippen LogP contribution in [-0.2, 0) is 25.7 Å². The van der Waals surface area contributed by atoms with Gasteiger partial charge in [-0.15, -0.1) is 0 Å². The van der Waals surface area contributed by atoms with Crippen molar-refractivity contribution in [3.05, 3.63) is 83.9 Å². The molecule has 0 aromatic heterocycles.